The Bertz CT molecular complexity index is 535. The fourth-order valence-electron chi connectivity index (χ4n) is 2.17. The van der Waals surface area contributed by atoms with Crippen LogP contribution in [0.15, 0.2) is 30.0 Å². The Morgan fingerprint density at radius 1 is 1.45 bits per heavy atom. The molecule has 1 fully saturated rings. The lowest BCUT2D eigenvalue weighted by Gasteiger charge is -2.23. The summed E-state index contributed by atoms with van der Waals surface area (Å²) in [7, 11) is 1.58. The standard InChI is InChI=1S/C14H16N2O4/c1-3-19-14-8-12(13(9-15)16(17)20-14)10-4-6-11(18-2)7-5-10/h4-7,12,14H,3,8H2,1-2H3/t12-,14-/m0/s1. The maximum atomic E-state index is 11.7. The fraction of sp³-hybridized carbons (Fsp3) is 0.429. The van der Waals surface area contributed by atoms with Crippen LogP contribution in [-0.2, 0) is 9.57 Å². The van der Waals surface area contributed by atoms with Gasteiger partial charge in [0.05, 0.1) is 17.9 Å². The average Bonchev–Trinajstić information content (AvgIpc) is 2.47. The topological polar surface area (TPSA) is 70.1 Å². The molecule has 0 amide bonds. The maximum absolute atomic E-state index is 11.7. The van der Waals surface area contributed by atoms with E-state index in [1.54, 1.807) is 19.2 Å². The summed E-state index contributed by atoms with van der Waals surface area (Å²) in [5.74, 6) is 2.29. The van der Waals surface area contributed by atoms with Crippen LogP contribution in [0.4, 0.5) is 0 Å². The number of hydrogen-bond acceptors (Lipinski definition) is 4. The van der Waals surface area contributed by atoms with E-state index in [9.17, 15) is 4.91 Å². The Labute approximate surface area is 117 Å². The number of methoxy groups -OCH3 is 1. The van der Waals surface area contributed by atoms with Gasteiger partial charge in [-0.2, -0.15) is 10.7 Å². The Balaban J connectivity index is 2.28. The van der Waals surface area contributed by atoms with Crippen molar-refractivity contribution in [2.24, 2.45) is 0 Å². The minimum Gasteiger partial charge on any atom is -0.758 e. The maximum Gasteiger partial charge on any atom is 0.320 e. The second kappa shape index (κ2) is 6.32. The van der Waals surface area contributed by atoms with Crippen molar-refractivity contribution in [2.75, 3.05) is 13.7 Å². The lowest BCUT2D eigenvalue weighted by atomic mass is 9.92. The fourth-order valence-corrected chi connectivity index (χ4v) is 2.17. The summed E-state index contributed by atoms with van der Waals surface area (Å²) in [6.45, 7) is 2.26. The molecule has 0 unspecified atom stereocenters. The van der Waals surface area contributed by atoms with Crippen LogP contribution in [0.3, 0.4) is 0 Å². The molecule has 0 spiro atoms. The third-order valence-electron chi connectivity index (χ3n) is 3.15. The second-order valence-corrected chi connectivity index (χ2v) is 4.31. The zero-order valence-electron chi connectivity index (χ0n) is 11.4. The van der Waals surface area contributed by atoms with E-state index < -0.39 is 6.29 Å². The van der Waals surface area contributed by atoms with Crippen LogP contribution >= 0.6 is 0 Å². The summed E-state index contributed by atoms with van der Waals surface area (Å²) in [5, 5.41) is 9.14. The predicted molar refractivity (Wildman–Crippen MR) is 72.4 cm³/mol. The van der Waals surface area contributed by atoms with E-state index in [1.807, 2.05) is 24.9 Å². The molecule has 6 heteroatoms. The van der Waals surface area contributed by atoms with Gasteiger partial charge in [0.25, 0.3) is 11.2 Å². The summed E-state index contributed by atoms with van der Waals surface area (Å²) in [5.41, 5.74) is 0.891. The minimum atomic E-state index is -0.637. The van der Waals surface area contributed by atoms with Crippen molar-refractivity contribution in [2.45, 2.75) is 25.6 Å². The van der Waals surface area contributed by atoms with Gasteiger partial charge in [-0.1, -0.05) is 12.1 Å². The minimum absolute atomic E-state index is 0.0334. The monoisotopic (exact) mass is 276 g/mol. The van der Waals surface area contributed by atoms with E-state index in [0.717, 1.165) is 11.3 Å². The molecule has 2 rings (SSSR count). The van der Waals surface area contributed by atoms with Gasteiger partial charge in [-0.3, -0.25) is 0 Å². The molecule has 0 radical (unpaired) electrons. The van der Waals surface area contributed by atoms with E-state index in [1.165, 1.54) is 0 Å². The number of ether oxygens (including phenoxy) is 2. The molecular weight excluding hydrogens is 260 g/mol. The van der Waals surface area contributed by atoms with Gasteiger partial charge in [-0.05, 0) is 24.6 Å². The molecule has 0 N–H and O–H groups in total. The lowest BCUT2D eigenvalue weighted by molar-refractivity contribution is -0.800. The molecule has 2 atom stereocenters. The zero-order valence-corrected chi connectivity index (χ0v) is 11.4. The molecule has 0 bridgehead atoms. The van der Waals surface area contributed by atoms with Crippen molar-refractivity contribution in [3.05, 3.63) is 45.8 Å². The van der Waals surface area contributed by atoms with Crippen molar-refractivity contribution in [3.8, 4) is 5.75 Å². The molecule has 20 heavy (non-hydrogen) atoms. The van der Waals surface area contributed by atoms with Crippen molar-refractivity contribution in [1.82, 2.24) is 0 Å². The van der Waals surface area contributed by atoms with Crippen molar-refractivity contribution < 1.29 is 19.2 Å². The molecular formula is C14H16N2O4. The number of hydrogen-bond donors (Lipinski definition) is 0. The van der Waals surface area contributed by atoms with Gasteiger partial charge in [-0.15, -0.1) is 0 Å². The predicted octanol–water partition coefficient (Wildman–Crippen LogP) is 2.38. The normalized spacial score (nSPS) is 22.1. The number of benzene rings is 1. The van der Waals surface area contributed by atoms with Crippen LogP contribution in [0.2, 0.25) is 0 Å². The quantitative estimate of drug-likeness (QED) is 0.792. The van der Waals surface area contributed by atoms with Gasteiger partial charge in [-0.25, -0.2) is 0 Å². The molecule has 0 aliphatic carbocycles. The van der Waals surface area contributed by atoms with Crippen molar-refractivity contribution in [3.63, 3.8) is 0 Å². The van der Waals surface area contributed by atoms with Crippen molar-refractivity contribution in [1.29, 1.82) is 0 Å². The first kappa shape index (κ1) is 14.2. The summed E-state index contributed by atoms with van der Waals surface area (Å²) in [6.07, 6.45) is -0.205. The highest BCUT2D eigenvalue weighted by Crippen LogP contribution is 2.34. The molecule has 1 aliphatic rings. The summed E-state index contributed by atoms with van der Waals surface area (Å²) < 4.78 is 10.4. The van der Waals surface area contributed by atoms with Crippen LogP contribution < -0.4 is 4.74 Å². The number of allylic oxidation sites excluding steroid dienone is 1. The third kappa shape index (κ3) is 2.87. The summed E-state index contributed by atoms with van der Waals surface area (Å²) >= 11 is 0. The highest BCUT2D eigenvalue weighted by Gasteiger charge is 2.42. The van der Waals surface area contributed by atoms with E-state index >= 15 is 0 Å². The van der Waals surface area contributed by atoms with Gasteiger partial charge in [0.2, 0.25) is 0 Å². The summed E-state index contributed by atoms with van der Waals surface area (Å²) in [4.78, 5) is 17.0. The number of nitrogens with zero attached hydrogens (tertiary/aromatic N) is 2. The Hall–Kier alpha value is -2.17. The Kier molecular flexibility index (Phi) is 4.50. The average molecular weight is 276 g/mol. The van der Waals surface area contributed by atoms with Crippen LogP contribution in [0, 0.1) is 4.91 Å². The Morgan fingerprint density at radius 3 is 2.70 bits per heavy atom. The van der Waals surface area contributed by atoms with Gasteiger partial charge in [0.15, 0.2) is 0 Å². The van der Waals surface area contributed by atoms with Gasteiger partial charge < -0.3 is 14.9 Å². The second-order valence-electron chi connectivity index (χ2n) is 4.31. The molecule has 1 aliphatic heterocycles. The van der Waals surface area contributed by atoms with Gasteiger partial charge in [0.1, 0.15) is 5.75 Å². The molecule has 1 aromatic carbocycles. The first-order valence-electron chi connectivity index (χ1n) is 6.36. The van der Waals surface area contributed by atoms with E-state index in [-0.39, 0.29) is 16.5 Å². The van der Waals surface area contributed by atoms with Crippen LogP contribution in [0.25, 0.3) is 5.41 Å². The number of rotatable bonds is 4. The molecule has 1 heterocycles. The molecule has 106 valence electrons. The zero-order chi connectivity index (χ0) is 14.5. The first-order chi connectivity index (χ1) is 9.69. The molecule has 0 aromatic heterocycles. The third-order valence-corrected chi connectivity index (χ3v) is 3.15. The molecule has 0 saturated carbocycles. The highest BCUT2D eigenvalue weighted by atomic mass is 16.8. The highest BCUT2D eigenvalue weighted by molar-refractivity contribution is 5.60. The van der Waals surface area contributed by atoms with Crippen LogP contribution in [0.5, 0.6) is 5.75 Å². The smallest absolute Gasteiger partial charge is 0.320 e. The van der Waals surface area contributed by atoms with E-state index in [0.29, 0.717) is 13.0 Å². The van der Waals surface area contributed by atoms with E-state index in [2.05, 4.69) is 0 Å². The molecule has 1 saturated heterocycles. The van der Waals surface area contributed by atoms with Crippen LogP contribution in [-0.4, -0.2) is 30.8 Å². The lowest BCUT2D eigenvalue weighted by Crippen LogP contribution is -2.33. The van der Waals surface area contributed by atoms with E-state index in [4.69, 9.17) is 19.7 Å². The van der Waals surface area contributed by atoms with Crippen LogP contribution in [0.1, 0.15) is 24.8 Å². The van der Waals surface area contributed by atoms with Gasteiger partial charge in [0, 0.05) is 13.0 Å². The first-order valence-corrected chi connectivity index (χ1v) is 6.36. The summed E-state index contributed by atoms with van der Waals surface area (Å²) in [6, 6.07) is 7.27. The molecule has 1 aromatic rings. The van der Waals surface area contributed by atoms with Gasteiger partial charge >= 0.3 is 5.70 Å². The largest absolute Gasteiger partial charge is 0.758 e. The molecule has 6 nitrogen and oxygen atoms in total. The van der Waals surface area contributed by atoms with Crippen molar-refractivity contribution >= 4 is 5.87 Å². The Morgan fingerprint density at radius 2 is 2.15 bits per heavy atom. The SMILES string of the molecule is CCO[C@@H]1C[C@@H](c2ccc(OC)cc2)C(=C=[N-])[N+](=O)O1.